The van der Waals surface area contributed by atoms with Crippen molar-refractivity contribution in [2.24, 2.45) is 0 Å². The minimum absolute atomic E-state index is 0.00789. The topological polar surface area (TPSA) is 108 Å². The summed E-state index contributed by atoms with van der Waals surface area (Å²) in [5, 5.41) is 11.9. The Bertz CT molecular complexity index is 674. The molecule has 0 aromatic carbocycles. The number of hydrogen-bond donors (Lipinski definition) is 3. The maximum absolute atomic E-state index is 12.3. The Labute approximate surface area is 115 Å². The number of aromatic nitrogens is 2. The van der Waals surface area contributed by atoms with Gasteiger partial charge in [-0.2, -0.15) is 0 Å². The lowest BCUT2D eigenvalue weighted by atomic mass is 10.1. The molecular formula is C13H17N3O4. The molecule has 1 atom stereocenters. The first-order chi connectivity index (χ1) is 9.58. The van der Waals surface area contributed by atoms with Crippen LogP contribution in [-0.2, 0) is 0 Å². The number of hydrogen-bond acceptors (Lipinski definition) is 5. The molecule has 3 N–H and O–H groups in total. The van der Waals surface area contributed by atoms with Gasteiger partial charge in [0, 0.05) is 12.6 Å². The zero-order valence-corrected chi connectivity index (χ0v) is 11.4. The molecule has 0 fully saturated rings. The minimum atomic E-state index is -0.410. The second-order valence-corrected chi connectivity index (χ2v) is 4.54. The molecule has 0 saturated heterocycles. The molecule has 0 radical (unpaired) electrons. The molecule has 2 aromatic heterocycles. The van der Waals surface area contributed by atoms with Crippen molar-refractivity contribution in [3.8, 4) is 0 Å². The number of carbonyl (C=O) groups is 1. The van der Waals surface area contributed by atoms with Crippen molar-refractivity contribution in [1.82, 2.24) is 15.3 Å². The van der Waals surface area contributed by atoms with E-state index in [0.717, 1.165) is 0 Å². The van der Waals surface area contributed by atoms with E-state index < -0.39 is 5.56 Å². The number of nitrogens with one attached hydrogen (secondary N) is 2. The van der Waals surface area contributed by atoms with Gasteiger partial charge in [0.05, 0.1) is 11.9 Å². The monoisotopic (exact) mass is 279 g/mol. The van der Waals surface area contributed by atoms with Crippen molar-refractivity contribution in [2.75, 3.05) is 6.61 Å². The minimum Gasteiger partial charge on any atom is -0.442 e. The summed E-state index contributed by atoms with van der Waals surface area (Å²) < 4.78 is 5.33. The fourth-order valence-corrected chi connectivity index (χ4v) is 2.12. The van der Waals surface area contributed by atoms with Gasteiger partial charge in [-0.15, -0.1) is 0 Å². The highest BCUT2D eigenvalue weighted by atomic mass is 16.3. The van der Waals surface area contributed by atoms with Crippen LogP contribution in [0.25, 0.3) is 11.1 Å². The Balaban J connectivity index is 2.39. The molecule has 1 amide bonds. The number of carbonyl (C=O) groups excluding carboxylic acids is 1. The molecule has 0 aliphatic heterocycles. The molecular weight excluding hydrogens is 262 g/mol. The van der Waals surface area contributed by atoms with E-state index >= 15 is 0 Å². The van der Waals surface area contributed by atoms with Gasteiger partial charge in [0.1, 0.15) is 11.1 Å². The van der Waals surface area contributed by atoms with Crippen LogP contribution in [0.1, 0.15) is 35.9 Å². The summed E-state index contributed by atoms with van der Waals surface area (Å²) in [6.07, 6.45) is 2.39. The molecule has 0 bridgehead atoms. The first-order valence-corrected chi connectivity index (χ1v) is 6.47. The van der Waals surface area contributed by atoms with E-state index in [1.165, 1.54) is 6.33 Å². The number of aliphatic hydroxyl groups excluding tert-OH is 1. The Morgan fingerprint density at radius 2 is 2.35 bits per heavy atom. The highest BCUT2D eigenvalue weighted by molar-refractivity contribution is 6.06. The Morgan fingerprint density at radius 1 is 1.60 bits per heavy atom. The summed E-state index contributed by atoms with van der Waals surface area (Å²) in [6.45, 7) is 3.52. The number of fused-ring (bicyclic) bond motifs is 1. The molecule has 108 valence electrons. The normalized spacial score (nSPS) is 12.6. The first-order valence-electron chi connectivity index (χ1n) is 6.47. The van der Waals surface area contributed by atoms with Crippen LogP contribution >= 0.6 is 0 Å². The lowest BCUT2D eigenvalue weighted by Gasteiger charge is -2.15. The zero-order chi connectivity index (χ0) is 14.7. The average Bonchev–Trinajstić information content (AvgIpc) is 2.75. The highest BCUT2D eigenvalue weighted by Crippen LogP contribution is 2.20. The molecule has 0 spiro atoms. The van der Waals surface area contributed by atoms with Crippen molar-refractivity contribution in [3.05, 3.63) is 28.0 Å². The standard InChI is InChI=1S/C13H17N3O4/c1-3-8(4-5-17)16-12(19)9-7(2)20-13-10(9)11(18)14-6-15-13/h6,8,17H,3-5H2,1-2H3,(H,16,19)(H,14,15,18). The van der Waals surface area contributed by atoms with E-state index in [-0.39, 0.29) is 35.2 Å². The Kier molecular flexibility index (Phi) is 4.19. The number of aromatic amines is 1. The molecule has 0 aliphatic carbocycles. The predicted molar refractivity (Wildman–Crippen MR) is 72.6 cm³/mol. The summed E-state index contributed by atoms with van der Waals surface area (Å²) in [5.41, 5.74) is -0.0652. The van der Waals surface area contributed by atoms with Gasteiger partial charge in [0.2, 0.25) is 5.71 Å². The molecule has 2 aromatic rings. The van der Waals surface area contributed by atoms with Crippen LogP contribution in [0.4, 0.5) is 0 Å². The van der Waals surface area contributed by atoms with Crippen LogP contribution in [0.15, 0.2) is 15.5 Å². The van der Waals surface area contributed by atoms with E-state index in [1.807, 2.05) is 6.92 Å². The van der Waals surface area contributed by atoms with E-state index in [1.54, 1.807) is 6.92 Å². The number of H-pyrrole nitrogens is 1. The summed E-state index contributed by atoms with van der Waals surface area (Å²) in [4.78, 5) is 30.5. The second kappa shape index (κ2) is 5.87. The van der Waals surface area contributed by atoms with Crippen LogP contribution in [0.5, 0.6) is 0 Å². The number of nitrogens with zero attached hydrogens (tertiary/aromatic N) is 1. The Morgan fingerprint density at radius 3 is 3.00 bits per heavy atom. The van der Waals surface area contributed by atoms with Gasteiger partial charge >= 0.3 is 0 Å². The van der Waals surface area contributed by atoms with Crippen LogP contribution < -0.4 is 10.9 Å². The third-order valence-corrected chi connectivity index (χ3v) is 3.20. The summed E-state index contributed by atoms with van der Waals surface area (Å²) >= 11 is 0. The van der Waals surface area contributed by atoms with E-state index in [4.69, 9.17) is 9.52 Å². The van der Waals surface area contributed by atoms with Crippen LogP contribution in [0, 0.1) is 6.92 Å². The fourth-order valence-electron chi connectivity index (χ4n) is 2.12. The Hall–Kier alpha value is -2.15. The van der Waals surface area contributed by atoms with Crippen molar-refractivity contribution >= 4 is 17.0 Å². The van der Waals surface area contributed by atoms with Crippen molar-refractivity contribution in [3.63, 3.8) is 0 Å². The van der Waals surface area contributed by atoms with E-state index in [0.29, 0.717) is 18.6 Å². The zero-order valence-electron chi connectivity index (χ0n) is 11.4. The third-order valence-electron chi connectivity index (χ3n) is 3.20. The van der Waals surface area contributed by atoms with E-state index in [9.17, 15) is 9.59 Å². The van der Waals surface area contributed by atoms with Gasteiger partial charge in [0.25, 0.3) is 11.5 Å². The maximum atomic E-state index is 12.3. The quantitative estimate of drug-likeness (QED) is 0.747. The van der Waals surface area contributed by atoms with Gasteiger partial charge < -0.3 is 19.8 Å². The number of rotatable bonds is 5. The highest BCUT2D eigenvalue weighted by Gasteiger charge is 2.23. The fraction of sp³-hybridized carbons (Fsp3) is 0.462. The lowest BCUT2D eigenvalue weighted by molar-refractivity contribution is 0.0929. The van der Waals surface area contributed by atoms with Crippen LogP contribution in [0.2, 0.25) is 0 Å². The van der Waals surface area contributed by atoms with Gasteiger partial charge in [-0.3, -0.25) is 9.59 Å². The molecule has 2 heterocycles. The summed E-state index contributed by atoms with van der Waals surface area (Å²) in [5.74, 6) is -0.0411. The molecule has 2 rings (SSSR count). The maximum Gasteiger partial charge on any atom is 0.262 e. The van der Waals surface area contributed by atoms with Crippen molar-refractivity contribution in [2.45, 2.75) is 32.7 Å². The molecule has 7 heteroatoms. The summed E-state index contributed by atoms with van der Waals surface area (Å²) in [7, 11) is 0. The van der Waals surface area contributed by atoms with Gasteiger partial charge in [0.15, 0.2) is 0 Å². The number of furan rings is 1. The third kappa shape index (κ3) is 2.57. The second-order valence-electron chi connectivity index (χ2n) is 4.54. The van der Waals surface area contributed by atoms with Crippen molar-refractivity contribution in [1.29, 1.82) is 0 Å². The van der Waals surface area contributed by atoms with Gasteiger partial charge in [-0.25, -0.2) is 4.98 Å². The number of aryl methyl sites for hydroxylation is 1. The largest absolute Gasteiger partial charge is 0.442 e. The van der Waals surface area contributed by atoms with Crippen LogP contribution in [0.3, 0.4) is 0 Å². The lowest BCUT2D eigenvalue weighted by Crippen LogP contribution is -2.35. The molecule has 1 unspecified atom stereocenters. The average molecular weight is 279 g/mol. The smallest absolute Gasteiger partial charge is 0.262 e. The molecule has 20 heavy (non-hydrogen) atoms. The SMILES string of the molecule is CCC(CCO)NC(=O)c1c(C)oc2nc[nH]c(=O)c12. The van der Waals surface area contributed by atoms with Gasteiger partial charge in [-0.05, 0) is 19.8 Å². The van der Waals surface area contributed by atoms with Crippen molar-refractivity contribution < 1.29 is 14.3 Å². The van der Waals surface area contributed by atoms with Crippen LogP contribution in [-0.4, -0.2) is 33.6 Å². The summed E-state index contributed by atoms with van der Waals surface area (Å²) in [6, 6.07) is -0.146. The molecule has 7 nitrogen and oxygen atoms in total. The number of aliphatic hydroxyl groups is 1. The number of amides is 1. The van der Waals surface area contributed by atoms with Gasteiger partial charge in [-0.1, -0.05) is 6.92 Å². The van der Waals surface area contributed by atoms with E-state index in [2.05, 4.69) is 15.3 Å². The molecule has 0 saturated carbocycles. The first kappa shape index (κ1) is 14.3. The molecule has 0 aliphatic rings. The predicted octanol–water partition coefficient (Wildman–Crippen LogP) is 0.715.